The van der Waals surface area contributed by atoms with Crippen molar-refractivity contribution in [2.75, 3.05) is 24.1 Å². The maximum Gasteiger partial charge on any atom is 0.244 e. The predicted octanol–water partition coefficient (Wildman–Crippen LogP) is 1.70. The number of halogens is 1. The van der Waals surface area contributed by atoms with Crippen LogP contribution in [0.1, 0.15) is 19.4 Å². The number of amides is 2. The van der Waals surface area contributed by atoms with Crippen molar-refractivity contribution in [2.24, 2.45) is 0 Å². The molecule has 1 aliphatic rings. The third kappa shape index (κ3) is 5.97. The van der Waals surface area contributed by atoms with E-state index in [0.29, 0.717) is 24.5 Å². The third-order valence-electron chi connectivity index (χ3n) is 4.33. The Labute approximate surface area is 170 Å². The van der Waals surface area contributed by atoms with Gasteiger partial charge >= 0.3 is 0 Å². The van der Waals surface area contributed by atoms with Gasteiger partial charge in [-0.25, -0.2) is 0 Å². The molecule has 1 aromatic carbocycles. The summed E-state index contributed by atoms with van der Waals surface area (Å²) < 4.78 is 7.18. The van der Waals surface area contributed by atoms with Gasteiger partial charge in [0, 0.05) is 25.0 Å². The topological polar surface area (TPSA) is 102 Å². The molecule has 8 nitrogen and oxygen atoms in total. The van der Waals surface area contributed by atoms with Gasteiger partial charge in [-0.05, 0) is 31.5 Å². The molecule has 2 atom stereocenters. The van der Waals surface area contributed by atoms with E-state index in [2.05, 4.69) is 10.4 Å². The molecule has 2 unspecified atom stereocenters. The zero-order valence-corrected chi connectivity index (χ0v) is 16.8. The van der Waals surface area contributed by atoms with Crippen LogP contribution < -0.4 is 11.1 Å². The number of carbonyl (C=O) groups excluding carboxylic acids is 2. The van der Waals surface area contributed by atoms with Gasteiger partial charge < -0.3 is 20.7 Å². The molecule has 28 heavy (non-hydrogen) atoms. The molecule has 152 valence electrons. The lowest BCUT2D eigenvalue weighted by Gasteiger charge is -2.35. The second-order valence-corrected chi connectivity index (χ2v) is 6.95. The van der Waals surface area contributed by atoms with E-state index in [-0.39, 0.29) is 49.4 Å². The second-order valence-electron chi connectivity index (χ2n) is 6.95. The Morgan fingerprint density at radius 3 is 2.50 bits per heavy atom. The van der Waals surface area contributed by atoms with Crippen molar-refractivity contribution in [3.05, 3.63) is 42.2 Å². The summed E-state index contributed by atoms with van der Waals surface area (Å²) in [7, 11) is 0. The van der Waals surface area contributed by atoms with Crippen LogP contribution in [0.5, 0.6) is 0 Å². The van der Waals surface area contributed by atoms with Gasteiger partial charge in [0.05, 0.1) is 30.5 Å². The molecule has 1 saturated heterocycles. The first-order chi connectivity index (χ1) is 12.9. The van der Waals surface area contributed by atoms with Gasteiger partial charge in [0.2, 0.25) is 11.8 Å². The van der Waals surface area contributed by atoms with Crippen LogP contribution in [0.2, 0.25) is 0 Å². The molecular formula is C19H26ClN5O3. The number of carbonyl (C=O) groups is 2. The van der Waals surface area contributed by atoms with Crippen molar-refractivity contribution < 1.29 is 14.3 Å². The molecule has 9 heteroatoms. The Morgan fingerprint density at radius 1 is 1.21 bits per heavy atom. The largest absolute Gasteiger partial charge is 0.399 e. The van der Waals surface area contributed by atoms with E-state index in [0.717, 1.165) is 5.56 Å². The predicted molar refractivity (Wildman–Crippen MR) is 109 cm³/mol. The summed E-state index contributed by atoms with van der Waals surface area (Å²) >= 11 is 0. The number of nitrogens with two attached hydrogens (primary N) is 1. The molecule has 1 fully saturated rings. The van der Waals surface area contributed by atoms with E-state index in [9.17, 15) is 9.59 Å². The molecule has 0 bridgehead atoms. The van der Waals surface area contributed by atoms with Crippen LogP contribution in [0.25, 0.3) is 0 Å². The third-order valence-corrected chi connectivity index (χ3v) is 4.33. The normalized spacial score (nSPS) is 19.0. The number of nitrogen functional groups attached to an aromatic ring is 1. The van der Waals surface area contributed by atoms with Gasteiger partial charge in [-0.15, -0.1) is 12.4 Å². The summed E-state index contributed by atoms with van der Waals surface area (Å²) in [5, 5.41) is 6.96. The molecule has 0 spiro atoms. The maximum absolute atomic E-state index is 12.5. The van der Waals surface area contributed by atoms with Gasteiger partial charge in [-0.2, -0.15) is 5.10 Å². The smallest absolute Gasteiger partial charge is 0.244 e. The van der Waals surface area contributed by atoms with Gasteiger partial charge in [0.15, 0.2) is 0 Å². The lowest BCUT2D eigenvalue weighted by Crippen LogP contribution is -2.49. The summed E-state index contributed by atoms with van der Waals surface area (Å²) in [6.45, 7) is 5.20. The number of nitrogens with one attached hydrogen (secondary N) is 1. The molecule has 3 rings (SSSR count). The lowest BCUT2D eigenvalue weighted by molar-refractivity contribution is -0.144. The molecule has 1 aliphatic heterocycles. The van der Waals surface area contributed by atoms with Crippen LogP contribution in [0.3, 0.4) is 0 Å². The molecular weight excluding hydrogens is 382 g/mol. The Balaban J connectivity index is 0.00000280. The summed E-state index contributed by atoms with van der Waals surface area (Å²) in [4.78, 5) is 26.4. The fraction of sp³-hybridized carbons (Fsp3) is 0.421. The van der Waals surface area contributed by atoms with Crippen molar-refractivity contribution in [3.8, 4) is 0 Å². The summed E-state index contributed by atoms with van der Waals surface area (Å²) in [6, 6.07) is 7.17. The summed E-state index contributed by atoms with van der Waals surface area (Å²) in [6.07, 6.45) is 3.50. The van der Waals surface area contributed by atoms with Crippen molar-refractivity contribution in [1.29, 1.82) is 0 Å². The van der Waals surface area contributed by atoms with Crippen molar-refractivity contribution in [2.45, 2.75) is 39.0 Å². The Morgan fingerprint density at radius 2 is 1.86 bits per heavy atom. The first kappa shape index (κ1) is 21.7. The molecule has 1 aromatic heterocycles. The number of hydrogen-bond donors (Lipinski definition) is 2. The van der Waals surface area contributed by atoms with Crippen LogP contribution in [-0.4, -0.2) is 51.8 Å². The zero-order chi connectivity index (χ0) is 19.4. The fourth-order valence-electron chi connectivity index (χ4n) is 3.16. The van der Waals surface area contributed by atoms with E-state index in [1.165, 1.54) is 4.68 Å². The summed E-state index contributed by atoms with van der Waals surface area (Å²) in [5.74, 6) is -0.165. The van der Waals surface area contributed by atoms with Crippen molar-refractivity contribution >= 4 is 35.6 Å². The highest BCUT2D eigenvalue weighted by Crippen LogP contribution is 2.13. The molecule has 2 aromatic rings. The number of ether oxygens (including phenoxy) is 1. The zero-order valence-electron chi connectivity index (χ0n) is 16.0. The number of rotatable bonds is 5. The number of aromatic nitrogens is 2. The van der Waals surface area contributed by atoms with E-state index in [4.69, 9.17) is 10.5 Å². The lowest BCUT2D eigenvalue weighted by atomic mass is 10.1. The molecule has 0 aliphatic carbocycles. The quantitative estimate of drug-likeness (QED) is 0.734. The number of anilines is 2. The number of hydrogen-bond acceptors (Lipinski definition) is 5. The van der Waals surface area contributed by atoms with Crippen LogP contribution in [0, 0.1) is 0 Å². The van der Waals surface area contributed by atoms with E-state index >= 15 is 0 Å². The molecule has 3 N–H and O–H groups in total. The Bertz CT molecular complexity index is 798. The minimum absolute atomic E-state index is 0. The average Bonchev–Trinajstić information content (AvgIpc) is 3.02. The maximum atomic E-state index is 12.5. The van der Waals surface area contributed by atoms with E-state index in [1.807, 2.05) is 26.0 Å². The highest BCUT2D eigenvalue weighted by molar-refractivity contribution is 5.92. The van der Waals surface area contributed by atoms with Gasteiger partial charge in [0.1, 0.15) is 6.54 Å². The SMILES string of the molecule is CC1CN(C(=O)Cn2cc(NC(=O)Cc3ccc(N)cc3)cn2)CC(C)O1.Cl. The number of benzene rings is 1. The number of nitrogens with zero attached hydrogens (tertiary/aromatic N) is 3. The van der Waals surface area contributed by atoms with Crippen LogP contribution in [0.4, 0.5) is 11.4 Å². The Hall–Kier alpha value is -2.58. The monoisotopic (exact) mass is 407 g/mol. The molecule has 0 radical (unpaired) electrons. The molecule has 2 heterocycles. The van der Waals surface area contributed by atoms with Crippen LogP contribution in [0.15, 0.2) is 36.7 Å². The minimum Gasteiger partial charge on any atom is -0.399 e. The van der Waals surface area contributed by atoms with Gasteiger partial charge in [-0.3, -0.25) is 14.3 Å². The van der Waals surface area contributed by atoms with Crippen LogP contribution in [-0.2, 0) is 27.3 Å². The van der Waals surface area contributed by atoms with Crippen molar-refractivity contribution in [3.63, 3.8) is 0 Å². The highest BCUT2D eigenvalue weighted by Gasteiger charge is 2.26. The Kier molecular flexibility index (Phi) is 7.42. The second kappa shape index (κ2) is 9.57. The first-order valence-electron chi connectivity index (χ1n) is 8.99. The minimum atomic E-state index is -0.151. The fourth-order valence-corrected chi connectivity index (χ4v) is 3.16. The first-order valence-corrected chi connectivity index (χ1v) is 8.99. The van der Waals surface area contributed by atoms with Crippen molar-refractivity contribution in [1.82, 2.24) is 14.7 Å². The highest BCUT2D eigenvalue weighted by atomic mass is 35.5. The molecule has 0 saturated carbocycles. The molecule has 2 amide bonds. The van der Waals surface area contributed by atoms with Gasteiger partial charge in [-0.1, -0.05) is 12.1 Å². The van der Waals surface area contributed by atoms with Crippen LogP contribution >= 0.6 is 12.4 Å². The van der Waals surface area contributed by atoms with E-state index < -0.39 is 0 Å². The average molecular weight is 408 g/mol. The van der Waals surface area contributed by atoms with Gasteiger partial charge in [0.25, 0.3) is 0 Å². The number of morpholine rings is 1. The summed E-state index contributed by atoms with van der Waals surface area (Å²) in [5.41, 5.74) is 7.74. The standard InChI is InChI=1S/C19H25N5O3.ClH/c1-13-9-23(10-14(2)27-13)19(26)12-24-11-17(8-21-24)22-18(25)7-15-3-5-16(20)6-4-15;/h3-6,8,11,13-14H,7,9-10,12,20H2,1-2H3,(H,22,25);1H. The van der Waals surface area contributed by atoms with E-state index in [1.54, 1.807) is 29.4 Å².